The molecule has 0 unspecified atom stereocenters. The van der Waals surface area contributed by atoms with Crippen LogP contribution in [0.25, 0.3) is 0 Å². The molecule has 2 aliphatic rings. The molecule has 1 fully saturated rings. The number of fused-ring (bicyclic) bond motifs is 1. The third-order valence-electron chi connectivity index (χ3n) is 4.94. The first-order valence-electron chi connectivity index (χ1n) is 8.94. The first-order chi connectivity index (χ1) is 12.1. The second-order valence-electron chi connectivity index (χ2n) is 7.39. The van der Waals surface area contributed by atoms with Gasteiger partial charge in [-0.15, -0.1) is 0 Å². The van der Waals surface area contributed by atoms with Gasteiger partial charge in [-0.05, 0) is 6.92 Å². The van der Waals surface area contributed by atoms with Gasteiger partial charge in [0.2, 0.25) is 0 Å². The van der Waals surface area contributed by atoms with Gasteiger partial charge in [0.05, 0.1) is 11.6 Å². The second kappa shape index (κ2) is 6.56. The molecule has 0 spiro atoms. The van der Waals surface area contributed by atoms with Crippen molar-refractivity contribution in [1.29, 1.82) is 0 Å². The van der Waals surface area contributed by atoms with E-state index in [-0.39, 0.29) is 6.10 Å². The van der Waals surface area contributed by atoms with Crippen molar-refractivity contribution in [1.82, 2.24) is 14.9 Å². The van der Waals surface area contributed by atoms with Gasteiger partial charge in [0.15, 0.2) is 0 Å². The first-order valence-corrected chi connectivity index (χ1v) is 8.94. The highest BCUT2D eigenvalue weighted by molar-refractivity contribution is 6.03. The minimum atomic E-state index is 0.159. The topological polar surface area (TPSA) is 50.6 Å². The van der Waals surface area contributed by atoms with Crippen LogP contribution in [-0.2, 0) is 11.4 Å². The highest BCUT2D eigenvalue weighted by Crippen LogP contribution is 2.31. The number of oxime groups is 1. The van der Waals surface area contributed by atoms with Gasteiger partial charge in [0, 0.05) is 49.1 Å². The summed E-state index contributed by atoms with van der Waals surface area (Å²) >= 11 is 0. The average molecular weight is 336 g/mol. The third kappa shape index (κ3) is 3.29. The van der Waals surface area contributed by atoms with E-state index in [9.17, 15) is 0 Å². The maximum absolute atomic E-state index is 5.72. The molecule has 130 valence electrons. The number of likely N-dealkylation sites (tertiary alicyclic amines) is 1. The fourth-order valence-electron chi connectivity index (χ4n) is 3.62. The molecule has 2 aliphatic heterocycles. The second-order valence-corrected chi connectivity index (χ2v) is 7.39. The Morgan fingerprint density at radius 1 is 1.20 bits per heavy atom. The van der Waals surface area contributed by atoms with E-state index in [4.69, 9.17) is 4.84 Å². The number of hydrogen-bond acceptors (Lipinski definition) is 5. The number of aromatic nitrogens is 2. The zero-order chi connectivity index (χ0) is 17.4. The van der Waals surface area contributed by atoms with Crippen molar-refractivity contribution in [3.8, 4) is 0 Å². The zero-order valence-corrected chi connectivity index (χ0v) is 15.0. The lowest BCUT2D eigenvalue weighted by molar-refractivity contribution is 0.0745. The molecule has 3 heterocycles. The van der Waals surface area contributed by atoms with Gasteiger partial charge in [0.1, 0.15) is 11.9 Å². The molecular formula is C20H24N4O. The van der Waals surface area contributed by atoms with Gasteiger partial charge in [-0.25, -0.2) is 9.97 Å². The maximum atomic E-state index is 5.72. The minimum absolute atomic E-state index is 0.159. The molecule has 4 rings (SSSR count). The summed E-state index contributed by atoms with van der Waals surface area (Å²) in [5, 5.41) is 4.37. The molecule has 1 saturated heterocycles. The van der Waals surface area contributed by atoms with Crippen LogP contribution in [0.2, 0.25) is 0 Å². The summed E-state index contributed by atoms with van der Waals surface area (Å²) in [7, 11) is 0. The van der Waals surface area contributed by atoms with Crippen molar-refractivity contribution in [2.75, 3.05) is 13.1 Å². The largest absolute Gasteiger partial charge is 0.390 e. The Labute approximate surface area is 148 Å². The van der Waals surface area contributed by atoms with Gasteiger partial charge in [-0.2, -0.15) is 0 Å². The van der Waals surface area contributed by atoms with E-state index in [0.29, 0.717) is 11.8 Å². The van der Waals surface area contributed by atoms with Crippen molar-refractivity contribution in [2.45, 2.75) is 39.3 Å². The Morgan fingerprint density at radius 2 is 2.00 bits per heavy atom. The lowest BCUT2D eigenvalue weighted by atomic mass is 9.94. The van der Waals surface area contributed by atoms with Crippen LogP contribution in [0.15, 0.2) is 41.8 Å². The van der Waals surface area contributed by atoms with E-state index in [1.54, 1.807) is 0 Å². The van der Waals surface area contributed by atoms with Gasteiger partial charge in [-0.3, -0.25) is 4.90 Å². The average Bonchev–Trinajstić information content (AvgIpc) is 3.15. The van der Waals surface area contributed by atoms with Crippen LogP contribution in [-0.4, -0.2) is 39.8 Å². The molecule has 2 atom stereocenters. The number of aryl methyl sites for hydroxylation is 1. The summed E-state index contributed by atoms with van der Waals surface area (Å²) in [5.74, 6) is 1.61. The van der Waals surface area contributed by atoms with Crippen molar-refractivity contribution in [3.05, 3.63) is 59.2 Å². The van der Waals surface area contributed by atoms with Crippen LogP contribution in [0.5, 0.6) is 0 Å². The molecule has 0 radical (unpaired) electrons. The number of nitrogens with zero attached hydrogens (tertiary/aromatic N) is 4. The molecule has 5 nitrogen and oxygen atoms in total. The monoisotopic (exact) mass is 336 g/mol. The lowest BCUT2D eigenvalue weighted by Gasteiger charge is -2.16. The van der Waals surface area contributed by atoms with Gasteiger partial charge >= 0.3 is 0 Å². The van der Waals surface area contributed by atoms with Crippen LogP contribution in [0.4, 0.5) is 0 Å². The van der Waals surface area contributed by atoms with Crippen LogP contribution in [0.1, 0.15) is 42.3 Å². The zero-order valence-electron chi connectivity index (χ0n) is 15.0. The summed E-state index contributed by atoms with van der Waals surface area (Å²) in [6.07, 6.45) is 4.06. The van der Waals surface area contributed by atoms with Crippen LogP contribution in [0.3, 0.4) is 0 Å². The molecule has 5 heteroatoms. The molecule has 25 heavy (non-hydrogen) atoms. The van der Waals surface area contributed by atoms with Crippen molar-refractivity contribution < 1.29 is 4.84 Å². The SMILES string of the molecule is Cc1cccc(C2=NO[C@H]3CN(Cc4cnc(C(C)C)nc4)C[C@H]23)c1. The molecule has 0 saturated carbocycles. The fourth-order valence-corrected chi connectivity index (χ4v) is 3.62. The lowest BCUT2D eigenvalue weighted by Crippen LogP contribution is -2.23. The smallest absolute Gasteiger partial charge is 0.149 e. The molecule has 0 bridgehead atoms. The fraction of sp³-hybridized carbons (Fsp3) is 0.450. The van der Waals surface area contributed by atoms with Gasteiger partial charge in [0.25, 0.3) is 0 Å². The summed E-state index contributed by atoms with van der Waals surface area (Å²) in [6.45, 7) is 9.05. The van der Waals surface area contributed by atoms with E-state index in [2.05, 4.69) is 65.1 Å². The number of benzene rings is 1. The summed E-state index contributed by atoms with van der Waals surface area (Å²) in [5.41, 5.74) is 4.67. The minimum Gasteiger partial charge on any atom is -0.390 e. The molecule has 1 aromatic carbocycles. The molecular weight excluding hydrogens is 312 g/mol. The number of hydrogen-bond donors (Lipinski definition) is 0. The molecule has 0 aliphatic carbocycles. The normalized spacial score (nSPS) is 22.8. The van der Waals surface area contributed by atoms with Gasteiger partial charge < -0.3 is 4.84 Å². The van der Waals surface area contributed by atoms with Crippen molar-refractivity contribution >= 4 is 5.71 Å². The summed E-state index contributed by atoms with van der Waals surface area (Å²) in [6, 6.07) is 8.50. The summed E-state index contributed by atoms with van der Waals surface area (Å²) in [4.78, 5) is 17.1. The Bertz CT molecular complexity index is 785. The van der Waals surface area contributed by atoms with E-state index in [1.165, 1.54) is 11.1 Å². The van der Waals surface area contributed by atoms with Gasteiger partial charge in [-0.1, -0.05) is 48.8 Å². The standard InChI is InChI=1S/C20H24N4O/c1-13(2)20-21-8-15(9-22-20)10-24-11-17-18(12-24)25-23-19(17)16-6-4-5-14(3)7-16/h4-9,13,17-18H,10-12H2,1-3H3/t17-,18-/m0/s1. The third-order valence-corrected chi connectivity index (χ3v) is 4.94. The van der Waals surface area contributed by atoms with Crippen LogP contribution >= 0.6 is 0 Å². The molecule has 2 aromatic rings. The Balaban J connectivity index is 1.44. The predicted molar refractivity (Wildman–Crippen MR) is 97.5 cm³/mol. The molecule has 0 amide bonds. The highest BCUT2D eigenvalue weighted by Gasteiger charge is 2.42. The van der Waals surface area contributed by atoms with Crippen LogP contribution < -0.4 is 0 Å². The van der Waals surface area contributed by atoms with E-state index in [0.717, 1.165) is 36.7 Å². The Hall–Kier alpha value is -2.27. The van der Waals surface area contributed by atoms with Crippen LogP contribution in [0, 0.1) is 12.8 Å². The highest BCUT2D eigenvalue weighted by atomic mass is 16.6. The maximum Gasteiger partial charge on any atom is 0.149 e. The van der Waals surface area contributed by atoms with Crippen molar-refractivity contribution in [3.63, 3.8) is 0 Å². The quantitative estimate of drug-likeness (QED) is 0.861. The van der Waals surface area contributed by atoms with E-state index < -0.39 is 0 Å². The Morgan fingerprint density at radius 3 is 2.72 bits per heavy atom. The first kappa shape index (κ1) is 16.2. The molecule has 0 N–H and O–H groups in total. The van der Waals surface area contributed by atoms with E-state index in [1.807, 2.05) is 12.4 Å². The number of rotatable bonds is 4. The van der Waals surface area contributed by atoms with Crippen molar-refractivity contribution in [2.24, 2.45) is 11.1 Å². The summed E-state index contributed by atoms with van der Waals surface area (Å²) < 4.78 is 0. The van der Waals surface area contributed by atoms with E-state index >= 15 is 0 Å². The molecule has 1 aromatic heterocycles. The Kier molecular flexibility index (Phi) is 4.25. The predicted octanol–water partition coefficient (Wildman–Crippen LogP) is 3.14.